The van der Waals surface area contributed by atoms with Crippen molar-refractivity contribution in [1.82, 2.24) is 15.5 Å². The van der Waals surface area contributed by atoms with Crippen LogP contribution in [0.2, 0.25) is 0 Å². The molecule has 0 spiro atoms. The van der Waals surface area contributed by atoms with E-state index in [9.17, 15) is 14.4 Å². The number of nitrogens with zero attached hydrogens (tertiary/aromatic N) is 1. The van der Waals surface area contributed by atoms with E-state index in [4.69, 9.17) is 4.74 Å². The first-order valence-corrected chi connectivity index (χ1v) is 10.0. The molecule has 3 amide bonds. The second-order valence-corrected chi connectivity index (χ2v) is 7.56. The average molecular weight is 387 g/mol. The van der Waals surface area contributed by atoms with Crippen molar-refractivity contribution >= 4 is 17.9 Å². The predicted octanol–water partition coefficient (Wildman–Crippen LogP) is 1.98. The van der Waals surface area contributed by atoms with Crippen LogP contribution in [0.25, 0.3) is 0 Å². The van der Waals surface area contributed by atoms with Crippen molar-refractivity contribution in [3.05, 3.63) is 35.4 Å². The molecular formula is C21H29N3O4. The van der Waals surface area contributed by atoms with E-state index >= 15 is 0 Å². The molecule has 1 aliphatic carbocycles. The summed E-state index contributed by atoms with van der Waals surface area (Å²) in [4.78, 5) is 38.2. The molecule has 0 radical (unpaired) electrons. The zero-order valence-electron chi connectivity index (χ0n) is 16.6. The van der Waals surface area contributed by atoms with E-state index in [1.165, 1.54) is 0 Å². The third-order valence-electron chi connectivity index (χ3n) is 5.55. The molecule has 1 heterocycles. The number of carbonyl (C=O) groups excluding carboxylic acids is 3. The number of carbonyl (C=O) groups is 3. The van der Waals surface area contributed by atoms with Crippen LogP contribution in [0.15, 0.2) is 24.3 Å². The molecule has 7 heteroatoms. The average Bonchev–Trinajstić information content (AvgIpc) is 3.49. The van der Waals surface area contributed by atoms with Crippen LogP contribution in [-0.2, 0) is 20.9 Å². The van der Waals surface area contributed by atoms with Crippen LogP contribution in [-0.4, -0.2) is 48.5 Å². The zero-order valence-corrected chi connectivity index (χ0v) is 16.6. The van der Waals surface area contributed by atoms with E-state index in [1.807, 2.05) is 31.2 Å². The van der Waals surface area contributed by atoms with Gasteiger partial charge in [0, 0.05) is 25.7 Å². The van der Waals surface area contributed by atoms with E-state index in [1.54, 1.807) is 11.8 Å². The number of rotatable bonds is 6. The highest BCUT2D eigenvalue weighted by molar-refractivity contribution is 5.92. The molecule has 152 valence electrons. The fourth-order valence-corrected chi connectivity index (χ4v) is 3.63. The molecule has 1 saturated carbocycles. The summed E-state index contributed by atoms with van der Waals surface area (Å²) >= 11 is 0. The topological polar surface area (TPSA) is 87.7 Å². The van der Waals surface area contributed by atoms with Gasteiger partial charge < -0.3 is 20.3 Å². The number of hydrogen-bond donors (Lipinski definition) is 2. The fraction of sp³-hybridized carbons (Fsp3) is 0.571. The second kappa shape index (κ2) is 9.08. The summed E-state index contributed by atoms with van der Waals surface area (Å²) in [5.41, 5.74) is 2.23. The number of benzene rings is 1. The Kier molecular flexibility index (Phi) is 6.54. The number of ether oxygens (including phenoxy) is 1. The Balaban J connectivity index is 1.38. The molecule has 2 aliphatic rings. The van der Waals surface area contributed by atoms with Gasteiger partial charge in [0.2, 0.25) is 11.8 Å². The molecule has 2 unspecified atom stereocenters. The quantitative estimate of drug-likeness (QED) is 0.781. The monoisotopic (exact) mass is 387 g/mol. The molecule has 1 saturated heterocycles. The maximum Gasteiger partial charge on any atom is 0.409 e. The van der Waals surface area contributed by atoms with Gasteiger partial charge in [0.1, 0.15) is 0 Å². The minimum absolute atomic E-state index is 0.0503. The lowest BCUT2D eigenvalue weighted by molar-refractivity contribution is -0.127. The summed E-state index contributed by atoms with van der Waals surface area (Å²) in [5, 5.41) is 5.99. The summed E-state index contributed by atoms with van der Waals surface area (Å²) < 4.78 is 5.00. The lowest BCUT2D eigenvalue weighted by Gasteiger charge is -2.31. The number of aryl methyl sites for hydroxylation is 1. The van der Waals surface area contributed by atoms with Crippen molar-refractivity contribution in [2.45, 2.75) is 45.7 Å². The molecule has 1 aromatic carbocycles. The zero-order chi connectivity index (χ0) is 20.1. The number of nitrogens with one attached hydrogen (secondary N) is 2. The SMILES string of the molecule is CCOC(=O)N1CCC(NC(=O)C2CC2C(=O)NCc2ccccc2C)CC1. The number of piperidine rings is 1. The Morgan fingerprint density at radius 3 is 2.46 bits per heavy atom. The largest absolute Gasteiger partial charge is 0.450 e. The number of hydrogen-bond acceptors (Lipinski definition) is 4. The molecular weight excluding hydrogens is 358 g/mol. The molecule has 2 atom stereocenters. The first kappa shape index (κ1) is 20.2. The smallest absolute Gasteiger partial charge is 0.409 e. The molecule has 0 bridgehead atoms. The molecule has 7 nitrogen and oxygen atoms in total. The van der Waals surface area contributed by atoms with Crippen LogP contribution in [0, 0.1) is 18.8 Å². The third kappa shape index (κ3) is 5.03. The van der Waals surface area contributed by atoms with Gasteiger partial charge >= 0.3 is 6.09 Å². The van der Waals surface area contributed by atoms with Crippen LogP contribution in [0.5, 0.6) is 0 Å². The Bertz CT molecular complexity index is 728. The first-order chi connectivity index (χ1) is 13.5. The van der Waals surface area contributed by atoms with Gasteiger partial charge in [-0.25, -0.2) is 4.79 Å². The molecule has 1 aromatic rings. The first-order valence-electron chi connectivity index (χ1n) is 10.0. The normalized spacial score (nSPS) is 21.7. The van der Waals surface area contributed by atoms with Gasteiger partial charge in [0.05, 0.1) is 18.4 Å². The van der Waals surface area contributed by atoms with Crippen LogP contribution in [0.4, 0.5) is 4.79 Å². The lowest BCUT2D eigenvalue weighted by atomic mass is 10.0. The summed E-state index contributed by atoms with van der Waals surface area (Å²) in [6.07, 6.45) is 1.73. The Morgan fingerprint density at radius 1 is 1.11 bits per heavy atom. The van der Waals surface area contributed by atoms with Crippen molar-refractivity contribution in [3.8, 4) is 0 Å². The molecule has 1 aliphatic heterocycles. The van der Waals surface area contributed by atoms with Gasteiger partial charge in [-0.3, -0.25) is 9.59 Å². The van der Waals surface area contributed by atoms with Crippen LogP contribution >= 0.6 is 0 Å². The summed E-state index contributed by atoms with van der Waals surface area (Å²) in [6, 6.07) is 7.99. The van der Waals surface area contributed by atoms with Crippen molar-refractivity contribution in [3.63, 3.8) is 0 Å². The standard InChI is InChI=1S/C21H29N3O4/c1-3-28-21(27)24-10-8-16(9-11-24)23-20(26)18-12-17(18)19(25)22-13-15-7-5-4-6-14(15)2/h4-7,16-18H,3,8-13H2,1-2H3,(H,22,25)(H,23,26). The highest BCUT2D eigenvalue weighted by Gasteiger charge is 2.48. The van der Waals surface area contributed by atoms with E-state index in [0.29, 0.717) is 45.5 Å². The van der Waals surface area contributed by atoms with Crippen molar-refractivity contribution < 1.29 is 19.1 Å². The van der Waals surface area contributed by atoms with Crippen LogP contribution in [0.1, 0.15) is 37.3 Å². The third-order valence-corrected chi connectivity index (χ3v) is 5.55. The molecule has 28 heavy (non-hydrogen) atoms. The highest BCUT2D eigenvalue weighted by Crippen LogP contribution is 2.39. The Labute approximate surface area is 165 Å². The van der Waals surface area contributed by atoms with Crippen molar-refractivity contribution in [2.75, 3.05) is 19.7 Å². The molecule has 3 rings (SSSR count). The Hall–Kier alpha value is -2.57. The summed E-state index contributed by atoms with van der Waals surface area (Å²) in [6.45, 7) is 5.81. The molecule has 2 fully saturated rings. The van der Waals surface area contributed by atoms with Gasteiger partial charge in [-0.2, -0.15) is 0 Å². The minimum Gasteiger partial charge on any atom is -0.450 e. The molecule has 2 N–H and O–H groups in total. The predicted molar refractivity (Wildman–Crippen MR) is 104 cm³/mol. The van der Waals surface area contributed by atoms with E-state index < -0.39 is 0 Å². The maximum atomic E-state index is 12.4. The van der Waals surface area contributed by atoms with Gasteiger partial charge in [-0.05, 0) is 44.2 Å². The van der Waals surface area contributed by atoms with Gasteiger partial charge in [-0.15, -0.1) is 0 Å². The van der Waals surface area contributed by atoms with Gasteiger partial charge in [0.25, 0.3) is 0 Å². The van der Waals surface area contributed by atoms with E-state index in [0.717, 1.165) is 11.1 Å². The van der Waals surface area contributed by atoms with Crippen LogP contribution < -0.4 is 10.6 Å². The lowest BCUT2D eigenvalue weighted by Crippen LogP contribution is -2.47. The number of likely N-dealkylation sites (tertiary alicyclic amines) is 1. The summed E-state index contributed by atoms with van der Waals surface area (Å²) in [7, 11) is 0. The Morgan fingerprint density at radius 2 is 1.79 bits per heavy atom. The van der Waals surface area contributed by atoms with Crippen molar-refractivity contribution in [2.24, 2.45) is 11.8 Å². The second-order valence-electron chi connectivity index (χ2n) is 7.56. The van der Waals surface area contributed by atoms with Gasteiger partial charge in [-0.1, -0.05) is 24.3 Å². The van der Waals surface area contributed by atoms with Gasteiger partial charge in [0.15, 0.2) is 0 Å². The summed E-state index contributed by atoms with van der Waals surface area (Å²) in [5.74, 6) is -0.574. The van der Waals surface area contributed by atoms with Crippen molar-refractivity contribution in [1.29, 1.82) is 0 Å². The highest BCUT2D eigenvalue weighted by atomic mass is 16.6. The van der Waals surface area contributed by atoms with Crippen LogP contribution in [0.3, 0.4) is 0 Å². The van der Waals surface area contributed by atoms with E-state index in [2.05, 4.69) is 10.6 Å². The fourth-order valence-electron chi connectivity index (χ4n) is 3.63. The van der Waals surface area contributed by atoms with E-state index in [-0.39, 0.29) is 35.8 Å². The minimum atomic E-state index is -0.292. The number of amides is 3. The molecule has 0 aromatic heterocycles. The maximum absolute atomic E-state index is 12.4.